The highest BCUT2D eigenvalue weighted by atomic mass is 16.7. The number of nitrogens with one attached hydrogen (secondary N) is 1. The van der Waals surface area contributed by atoms with Crippen molar-refractivity contribution in [1.29, 1.82) is 0 Å². The second-order valence-corrected chi connectivity index (χ2v) is 7.02. The number of rotatable bonds is 7. The van der Waals surface area contributed by atoms with Gasteiger partial charge in [-0.05, 0) is 29.8 Å². The summed E-state index contributed by atoms with van der Waals surface area (Å²) in [6.07, 6.45) is 0. The number of benzene rings is 2. The van der Waals surface area contributed by atoms with Crippen LogP contribution in [0.15, 0.2) is 36.4 Å². The van der Waals surface area contributed by atoms with E-state index in [2.05, 4.69) is 10.2 Å². The van der Waals surface area contributed by atoms with Crippen LogP contribution in [0.5, 0.6) is 23.0 Å². The average Bonchev–Trinajstić information content (AvgIpc) is 3.27. The minimum Gasteiger partial charge on any atom is -0.496 e. The summed E-state index contributed by atoms with van der Waals surface area (Å²) >= 11 is 0. The molecule has 4 rings (SSSR count). The summed E-state index contributed by atoms with van der Waals surface area (Å²) in [7, 11) is 3.07. The Balaban J connectivity index is 1.56. The van der Waals surface area contributed by atoms with Crippen LogP contribution >= 0.6 is 0 Å². The van der Waals surface area contributed by atoms with Crippen molar-refractivity contribution in [1.82, 2.24) is 10.2 Å². The van der Waals surface area contributed by atoms with E-state index in [1.165, 1.54) is 14.2 Å². The zero-order chi connectivity index (χ0) is 20.9. The van der Waals surface area contributed by atoms with Crippen molar-refractivity contribution in [2.75, 3.05) is 53.9 Å². The van der Waals surface area contributed by atoms with Crippen LogP contribution in [-0.4, -0.2) is 64.7 Å². The van der Waals surface area contributed by atoms with Gasteiger partial charge in [0.05, 0.1) is 33.5 Å². The highest BCUT2D eigenvalue weighted by Crippen LogP contribution is 2.36. The van der Waals surface area contributed by atoms with E-state index >= 15 is 0 Å². The summed E-state index contributed by atoms with van der Waals surface area (Å²) in [5, 5.41) is 3.06. The maximum Gasteiger partial charge on any atom is 0.258 e. The largest absolute Gasteiger partial charge is 0.496 e. The van der Waals surface area contributed by atoms with Crippen molar-refractivity contribution >= 4 is 5.91 Å². The van der Waals surface area contributed by atoms with Crippen molar-refractivity contribution in [3.8, 4) is 23.0 Å². The Morgan fingerprint density at radius 2 is 1.77 bits per heavy atom. The van der Waals surface area contributed by atoms with Gasteiger partial charge in [0.25, 0.3) is 5.91 Å². The Labute approximate surface area is 175 Å². The predicted molar refractivity (Wildman–Crippen MR) is 110 cm³/mol. The molecule has 1 unspecified atom stereocenters. The highest BCUT2D eigenvalue weighted by Gasteiger charge is 2.27. The smallest absolute Gasteiger partial charge is 0.258 e. The first-order chi connectivity index (χ1) is 14.7. The van der Waals surface area contributed by atoms with Gasteiger partial charge in [-0.25, -0.2) is 0 Å². The molecule has 1 atom stereocenters. The molecule has 0 radical (unpaired) electrons. The molecule has 2 aliphatic heterocycles. The van der Waals surface area contributed by atoms with Crippen molar-refractivity contribution in [3.63, 3.8) is 0 Å². The van der Waals surface area contributed by atoms with Crippen LogP contribution in [0.2, 0.25) is 0 Å². The Bertz CT molecular complexity index is 875. The molecule has 2 heterocycles. The quantitative estimate of drug-likeness (QED) is 0.744. The fourth-order valence-corrected chi connectivity index (χ4v) is 3.82. The first kappa shape index (κ1) is 20.3. The van der Waals surface area contributed by atoms with E-state index in [1.807, 2.05) is 18.2 Å². The Morgan fingerprint density at radius 3 is 2.47 bits per heavy atom. The van der Waals surface area contributed by atoms with E-state index in [1.54, 1.807) is 18.2 Å². The van der Waals surface area contributed by atoms with Gasteiger partial charge in [-0.2, -0.15) is 0 Å². The molecule has 2 aromatic rings. The number of ether oxygens (including phenoxy) is 5. The summed E-state index contributed by atoms with van der Waals surface area (Å²) in [5.41, 5.74) is 1.43. The van der Waals surface area contributed by atoms with Crippen LogP contribution in [-0.2, 0) is 4.74 Å². The zero-order valence-corrected chi connectivity index (χ0v) is 17.2. The number of nitrogens with zero attached hydrogens (tertiary/aromatic N) is 1. The lowest BCUT2D eigenvalue weighted by molar-refractivity contribution is 0.0162. The fourth-order valence-electron chi connectivity index (χ4n) is 3.82. The normalized spacial score (nSPS) is 16.7. The van der Waals surface area contributed by atoms with E-state index in [4.69, 9.17) is 23.7 Å². The first-order valence-corrected chi connectivity index (χ1v) is 9.91. The van der Waals surface area contributed by atoms with Gasteiger partial charge in [0.15, 0.2) is 11.5 Å². The van der Waals surface area contributed by atoms with Crippen LogP contribution in [0.25, 0.3) is 0 Å². The van der Waals surface area contributed by atoms with Crippen molar-refractivity contribution in [2.24, 2.45) is 0 Å². The van der Waals surface area contributed by atoms with E-state index in [-0.39, 0.29) is 18.7 Å². The summed E-state index contributed by atoms with van der Waals surface area (Å²) in [5.74, 6) is 2.16. The molecule has 8 nitrogen and oxygen atoms in total. The molecule has 1 saturated heterocycles. The van der Waals surface area contributed by atoms with Gasteiger partial charge >= 0.3 is 0 Å². The summed E-state index contributed by atoms with van der Waals surface area (Å²) in [4.78, 5) is 15.4. The molecule has 2 aliphatic rings. The third-order valence-electron chi connectivity index (χ3n) is 5.38. The summed E-state index contributed by atoms with van der Waals surface area (Å²) in [6, 6.07) is 11.2. The molecule has 2 aromatic carbocycles. The maximum absolute atomic E-state index is 13.1. The van der Waals surface area contributed by atoms with Crippen LogP contribution in [0.4, 0.5) is 0 Å². The van der Waals surface area contributed by atoms with E-state index in [9.17, 15) is 4.79 Å². The number of carbonyl (C=O) groups is 1. The zero-order valence-electron chi connectivity index (χ0n) is 17.2. The molecule has 1 amide bonds. The topological polar surface area (TPSA) is 78.5 Å². The molecule has 30 heavy (non-hydrogen) atoms. The minimum atomic E-state index is -0.247. The van der Waals surface area contributed by atoms with E-state index in [0.29, 0.717) is 36.8 Å². The minimum absolute atomic E-state index is 0.0342. The molecule has 1 N–H and O–H groups in total. The molecule has 0 spiro atoms. The number of morpholine rings is 1. The second kappa shape index (κ2) is 9.23. The lowest BCUT2D eigenvalue weighted by Crippen LogP contribution is -2.43. The molecular weight excluding hydrogens is 388 g/mol. The third kappa shape index (κ3) is 4.15. The van der Waals surface area contributed by atoms with Gasteiger partial charge in [-0.3, -0.25) is 9.69 Å². The molecular formula is C22H26N2O6. The molecule has 1 fully saturated rings. The molecule has 0 aliphatic carbocycles. The van der Waals surface area contributed by atoms with Crippen LogP contribution in [0.1, 0.15) is 22.0 Å². The number of carbonyl (C=O) groups excluding carboxylic acids is 1. The lowest BCUT2D eigenvalue weighted by atomic mass is 10.0. The van der Waals surface area contributed by atoms with Crippen LogP contribution in [0.3, 0.4) is 0 Å². The van der Waals surface area contributed by atoms with Crippen LogP contribution in [0, 0.1) is 0 Å². The van der Waals surface area contributed by atoms with Gasteiger partial charge in [-0.1, -0.05) is 12.1 Å². The van der Waals surface area contributed by atoms with E-state index < -0.39 is 0 Å². The average molecular weight is 414 g/mol. The lowest BCUT2D eigenvalue weighted by Gasteiger charge is -2.35. The van der Waals surface area contributed by atoms with Gasteiger partial charge in [-0.15, -0.1) is 0 Å². The number of hydrogen-bond donors (Lipinski definition) is 1. The predicted octanol–water partition coefficient (Wildman–Crippen LogP) is 2.24. The monoisotopic (exact) mass is 414 g/mol. The fraction of sp³-hybridized carbons (Fsp3) is 0.409. The highest BCUT2D eigenvalue weighted by molar-refractivity contribution is 5.99. The molecule has 0 aromatic heterocycles. The van der Waals surface area contributed by atoms with Gasteiger partial charge in [0, 0.05) is 19.6 Å². The Morgan fingerprint density at radius 1 is 1.07 bits per heavy atom. The SMILES string of the molecule is COc1cccc(OC)c1C(=O)NCC(c1ccc2c(c1)OCO2)N1CCOCC1. The number of amides is 1. The van der Waals surface area contributed by atoms with Crippen LogP contribution < -0.4 is 24.3 Å². The van der Waals surface area contributed by atoms with E-state index in [0.717, 1.165) is 30.2 Å². The summed E-state index contributed by atoms with van der Waals surface area (Å²) < 4.78 is 27.2. The molecule has 8 heteroatoms. The summed E-state index contributed by atoms with van der Waals surface area (Å²) in [6.45, 7) is 3.54. The number of methoxy groups -OCH3 is 2. The maximum atomic E-state index is 13.1. The van der Waals surface area contributed by atoms with Gasteiger partial charge < -0.3 is 29.0 Å². The first-order valence-electron chi connectivity index (χ1n) is 9.91. The Hall–Kier alpha value is -2.97. The third-order valence-corrected chi connectivity index (χ3v) is 5.38. The molecule has 160 valence electrons. The molecule has 0 bridgehead atoms. The molecule has 0 saturated carbocycles. The standard InChI is InChI=1S/C22H26N2O6/c1-26-18-4-3-5-19(27-2)21(18)22(25)23-13-16(24-8-10-28-11-9-24)15-6-7-17-20(12-15)30-14-29-17/h3-7,12,16H,8-11,13-14H2,1-2H3,(H,23,25). The second-order valence-electron chi connectivity index (χ2n) is 7.02. The van der Waals surface area contributed by atoms with Crippen molar-refractivity contribution in [2.45, 2.75) is 6.04 Å². The van der Waals surface area contributed by atoms with Crippen molar-refractivity contribution < 1.29 is 28.5 Å². The Kier molecular flexibility index (Phi) is 6.25. The van der Waals surface area contributed by atoms with Gasteiger partial charge in [0.1, 0.15) is 17.1 Å². The van der Waals surface area contributed by atoms with Crippen molar-refractivity contribution in [3.05, 3.63) is 47.5 Å². The number of hydrogen-bond acceptors (Lipinski definition) is 7. The number of fused-ring (bicyclic) bond motifs is 1. The van der Waals surface area contributed by atoms with Gasteiger partial charge in [0.2, 0.25) is 6.79 Å².